The topological polar surface area (TPSA) is 121 Å². The number of nitrogens with zero attached hydrogens (tertiary/aromatic N) is 6. The number of hydrogen-bond donors (Lipinski definition) is 1. The Balaban J connectivity index is 1.86. The summed E-state index contributed by atoms with van der Waals surface area (Å²) in [6, 6.07) is 1.44. The molecular formula is C12H13N7O2S2. The average Bonchev–Trinajstić information content (AvgIpc) is 3.02. The lowest BCUT2D eigenvalue weighted by Crippen LogP contribution is -2.14. The first-order valence-electron chi connectivity index (χ1n) is 6.66. The summed E-state index contributed by atoms with van der Waals surface area (Å²) in [5, 5.41) is 13.0. The van der Waals surface area contributed by atoms with Crippen LogP contribution in [0.2, 0.25) is 0 Å². The molecule has 0 fully saturated rings. The van der Waals surface area contributed by atoms with Crippen molar-refractivity contribution in [2.45, 2.75) is 29.3 Å². The number of carbonyl (C=O) groups is 1. The van der Waals surface area contributed by atoms with Crippen molar-refractivity contribution in [2.75, 3.05) is 0 Å². The van der Waals surface area contributed by atoms with E-state index in [9.17, 15) is 9.59 Å². The first-order valence-corrected chi connectivity index (χ1v) is 8.29. The van der Waals surface area contributed by atoms with Crippen LogP contribution in [-0.4, -0.2) is 35.3 Å². The van der Waals surface area contributed by atoms with E-state index in [0.717, 1.165) is 0 Å². The second kappa shape index (κ2) is 6.08. The second-order valence-electron chi connectivity index (χ2n) is 4.82. The molecule has 0 aliphatic rings. The lowest BCUT2D eigenvalue weighted by molar-refractivity contribution is -0.118. The molecular weight excluding hydrogens is 338 g/mol. The summed E-state index contributed by atoms with van der Waals surface area (Å²) in [5.41, 5.74) is 5.58. The number of amides is 1. The predicted octanol–water partition coefficient (Wildman–Crippen LogP) is 0.157. The minimum absolute atomic E-state index is 0.212. The normalized spacial score (nSPS) is 11.2. The van der Waals surface area contributed by atoms with Crippen LogP contribution in [-0.2, 0) is 18.3 Å². The highest BCUT2D eigenvalue weighted by atomic mass is 32.2. The third kappa shape index (κ3) is 3.24. The smallest absolute Gasteiger partial charge is 0.275 e. The molecule has 120 valence electrons. The Morgan fingerprint density at radius 1 is 1.43 bits per heavy atom. The van der Waals surface area contributed by atoms with E-state index in [1.54, 1.807) is 18.5 Å². The molecule has 0 radical (unpaired) electrons. The zero-order valence-electron chi connectivity index (χ0n) is 12.4. The highest BCUT2D eigenvalue weighted by Gasteiger charge is 2.15. The van der Waals surface area contributed by atoms with Crippen LogP contribution < -0.4 is 11.3 Å². The second-order valence-corrected chi connectivity index (χ2v) is 6.99. The Morgan fingerprint density at radius 2 is 2.22 bits per heavy atom. The van der Waals surface area contributed by atoms with Gasteiger partial charge in [0.2, 0.25) is 10.9 Å². The lowest BCUT2D eigenvalue weighted by atomic mass is 10.3. The van der Waals surface area contributed by atoms with E-state index in [1.807, 2.05) is 0 Å². The molecule has 23 heavy (non-hydrogen) atoms. The zero-order chi connectivity index (χ0) is 16.6. The van der Waals surface area contributed by atoms with Gasteiger partial charge >= 0.3 is 0 Å². The van der Waals surface area contributed by atoms with E-state index in [0.29, 0.717) is 32.4 Å². The summed E-state index contributed by atoms with van der Waals surface area (Å²) in [6.07, 6.45) is 0.649. The van der Waals surface area contributed by atoms with E-state index >= 15 is 0 Å². The first-order chi connectivity index (χ1) is 10.9. The Labute approximate surface area is 138 Å². The van der Waals surface area contributed by atoms with Gasteiger partial charge in [-0.2, -0.15) is 4.52 Å². The summed E-state index contributed by atoms with van der Waals surface area (Å²) in [7, 11) is 1.81. The fraction of sp³-hybridized carbons (Fsp3) is 0.333. The van der Waals surface area contributed by atoms with Gasteiger partial charge in [0.05, 0.1) is 0 Å². The van der Waals surface area contributed by atoms with Crippen molar-refractivity contribution in [1.29, 1.82) is 0 Å². The number of primary amides is 1. The molecule has 3 aromatic rings. The highest BCUT2D eigenvalue weighted by molar-refractivity contribution is 8.01. The first kappa shape index (κ1) is 15.6. The highest BCUT2D eigenvalue weighted by Crippen LogP contribution is 2.29. The van der Waals surface area contributed by atoms with Gasteiger partial charge in [0, 0.05) is 31.6 Å². The van der Waals surface area contributed by atoms with Crippen LogP contribution in [0, 0.1) is 6.92 Å². The molecule has 1 amide bonds. The molecule has 0 saturated carbocycles. The Bertz CT molecular complexity index is 943. The molecule has 11 heteroatoms. The van der Waals surface area contributed by atoms with E-state index < -0.39 is 0 Å². The molecule has 2 N–H and O–H groups in total. The average molecular weight is 351 g/mol. The largest absolute Gasteiger partial charge is 0.370 e. The van der Waals surface area contributed by atoms with Crippen molar-refractivity contribution >= 4 is 34.0 Å². The number of hydrogen-bond acceptors (Lipinski definition) is 8. The summed E-state index contributed by atoms with van der Waals surface area (Å²) in [6.45, 7) is 1.77. The molecule has 0 unspecified atom stereocenters. The van der Waals surface area contributed by atoms with Gasteiger partial charge in [-0.1, -0.05) is 11.3 Å². The minimum atomic E-state index is -0.380. The van der Waals surface area contributed by atoms with Crippen LogP contribution in [0.1, 0.15) is 17.9 Å². The van der Waals surface area contributed by atoms with Crippen LogP contribution in [0.15, 0.2) is 20.4 Å². The fourth-order valence-corrected chi connectivity index (χ4v) is 3.81. The van der Waals surface area contributed by atoms with Crippen molar-refractivity contribution in [3.05, 3.63) is 27.9 Å². The molecule has 0 bridgehead atoms. The van der Waals surface area contributed by atoms with Gasteiger partial charge < -0.3 is 10.3 Å². The van der Waals surface area contributed by atoms with E-state index in [2.05, 4.69) is 20.3 Å². The van der Waals surface area contributed by atoms with Gasteiger partial charge in [-0.15, -0.1) is 15.3 Å². The van der Waals surface area contributed by atoms with Gasteiger partial charge in [0.25, 0.3) is 5.56 Å². The van der Waals surface area contributed by atoms with Gasteiger partial charge in [-0.05, 0) is 18.7 Å². The van der Waals surface area contributed by atoms with E-state index in [1.165, 1.54) is 33.7 Å². The fourth-order valence-electron chi connectivity index (χ4n) is 1.91. The number of aryl methyl sites for hydroxylation is 2. The number of aromatic nitrogens is 6. The molecule has 3 heterocycles. The predicted molar refractivity (Wildman–Crippen MR) is 84.5 cm³/mol. The molecule has 0 aromatic carbocycles. The Hall–Kier alpha value is -2.27. The summed E-state index contributed by atoms with van der Waals surface area (Å²) in [4.78, 5) is 27.5. The number of rotatable bonds is 5. The van der Waals surface area contributed by atoms with Crippen LogP contribution in [0.4, 0.5) is 0 Å². The van der Waals surface area contributed by atoms with Crippen LogP contribution in [0.5, 0.6) is 0 Å². The van der Waals surface area contributed by atoms with Crippen molar-refractivity contribution in [1.82, 2.24) is 29.4 Å². The van der Waals surface area contributed by atoms with Crippen molar-refractivity contribution in [2.24, 2.45) is 12.8 Å². The Kier molecular flexibility index (Phi) is 4.13. The third-order valence-corrected chi connectivity index (χ3v) is 5.05. The SMILES string of the molecule is Cc1cc(=O)n2nc(Sc3nnc(CCC(N)=O)n3C)sc2n1. The molecule has 0 aliphatic carbocycles. The maximum Gasteiger partial charge on any atom is 0.275 e. The molecule has 0 atom stereocenters. The van der Waals surface area contributed by atoms with Gasteiger partial charge in [0.15, 0.2) is 9.50 Å². The summed E-state index contributed by atoms with van der Waals surface area (Å²) in [5.74, 6) is 0.285. The molecule has 0 aliphatic heterocycles. The lowest BCUT2D eigenvalue weighted by Gasteiger charge is -2.00. The Morgan fingerprint density at radius 3 is 2.96 bits per heavy atom. The molecule has 9 nitrogen and oxygen atoms in total. The number of nitrogens with two attached hydrogens (primary N) is 1. The molecule has 3 rings (SSSR count). The third-order valence-electron chi connectivity index (χ3n) is 3.05. The van der Waals surface area contributed by atoms with Crippen LogP contribution in [0.25, 0.3) is 4.96 Å². The molecule has 0 spiro atoms. The number of carbonyl (C=O) groups excluding carboxylic acids is 1. The minimum Gasteiger partial charge on any atom is -0.370 e. The quantitative estimate of drug-likeness (QED) is 0.695. The van der Waals surface area contributed by atoms with E-state index in [-0.39, 0.29) is 17.9 Å². The van der Waals surface area contributed by atoms with Crippen LogP contribution >= 0.6 is 23.1 Å². The van der Waals surface area contributed by atoms with Crippen LogP contribution in [0.3, 0.4) is 0 Å². The van der Waals surface area contributed by atoms with Gasteiger partial charge in [-0.25, -0.2) is 4.98 Å². The van der Waals surface area contributed by atoms with Crippen molar-refractivity contribution in [3.8, 4) is 0 Å². The van der Waals surface area contributed by atoms with Gasteiger partial charge in [-0.3, -0.25) is 9.59 Å². The number of fused-ring (bicyclic) bond motifs is 1. The zero-order valence-corrected chi connectivity index (χ0v) is 14.0. The maximum absolute atomic E-state index is 11.9. The summed E-state index contributed by atoms with van der Waals surface area (Å²) < 4.78 is 3.68. The molecule has 0 saturated heterocycles. The van der Waals surface area contributed by atoms with Crippen molar-refractivity contribution in [3.63, 3.8) is 0 Å². The van der Waals surface area contributed by atoms with E-state index in [4.69, 9.17) is 5.73 Å². The monoisotopic (exact) mass is 351 g/mol. The standard InChI is InChI=1S/C12H13N7O2S2/c1-6-5-9(21)19-10(14-6)22-12(17-19)23-11-16-15-8(18(11)2)4-3-7(13)20/h5H,3-4H2,1-2H3,(H2,13,20). The maximum atomic E-state index is 11.9. The van der Waals surface area contributed by atoms with Crippen molar-refractivity contribution < 1.29 is 4.79 Å². The summed E-state index contributed by atoms with van der Waals surface area (Å²) >= 11 is 2.60. The van der Waals surface area contributed by atoms with Gasteiger partial charge in [0.1, 0.15) is 5.82 Å². The molecule has 3 aromatic heterocycles.